The summed E-state index contributed by atoms with van der Waals surface area (Å²) in [5.74, 6) is -1.58. The zero-order valence-electron chi connectivity index (χ0n) is 14.1. The van der Waals surface area contributed by atoms with Crippen LogP contribution in [-0.2, 0) is 17.9 Å². The first kappa shape index (κ1) is 17.6. The van der Waals surface area contributed by atoms with Gasteiger partial charge in [-0.05, 0) is 29.7 Å². The first-order valence-electron chi connectivity index (χ1n) is 8.37. The number of carboxylic acid groups (broad SMARTS) is 1. The smallest absolute Gasteiger partial charge is 0.354 e. The van der Waals surface area contributed by atoms with Crippen LogP contribution < -0.4 is 5.32 Å². The Morgan fingerprint density at radius 1 is 1.00 bits per heavy atom. The Balaban J connectivity index is 1.43. The second kappa shape index (κ2) is 7.77. The molecular formula is C19H19N3O4. The molecule has 0 saturated carbocycles. The average Bonchev–Trinajstić information content (AvgIpc) is 3.09. The van der Waals surface area contributed by atoms with Gasteiger partial charge in [0.05, 0.1) is 0 Å². The number of nitrogens with one attached hydrogen (secondary N) is 1. The first-order valence-corrected chi connectivity index (χ1v) is 8.37. The minimum atomic E-state index is -1.18. The molecule has 2 heterocycles. The molecule has 0 radical (unpaired) electrons. The lowest BCUT2D eigenvalue weighted by molar-refractivity contribution is -0.131. The summed E-state index contributed by atoms with van der Waals surface area (Å²) < 4.78 is 0. The molecule has 1 aliphatic rings. The fraction of sp³-hybridized carbons (Fsp3) is 0.263. The van der Waals surface area contributed by atoms with Gasteiger partial charge >= 0.3 is 5.97 Å². The van der Waals surface area contributed by atoms with Crippen LogP contribution in [0.5, 0.6) is 0 Å². The van der Waals surface area contributed by atoms with E-state index in [0.717, 1.165) is 0 Å². The quantitative estimate of drug-likeness (QED) is 0.772. The molecule has 0 aliphatic carbocycles. The summed E-state index contributed by atoms with van der Waals surface area (Å²) in [4.78, 5) is 40.8. The molecule has 1 aromatic heterocycles. The zero-order chi connectivity index (χ0) is 18.5. The van der Waals surface area contributed by atoms with E-state index in [0.29, 0.717) is 32.5 Å². The molecule has 0 bridgehead atoms. The number of carbonyl (C=O) groups is 3. The number of pyridine rings is 1. The predicted octanol–water partition coefficient (Wildman–Crippen LogP) is 1.83. The standard InChI is InChI=1S/C19H19N3O4/c23-17(22-11-13-5-1-2-6-14(13)12-22)9-4-10-20-18(24)15-7-3-8-16(21-15)19(25)26/h1-3,5-8H,4,9-12H2,(H,20,24)(H,25,26). The van der Waals surface area contributed by atoms with Crippen molar-refractivity contribution in [2.75, 3.05) is 6.54 Å². The number of benzene rings is 1. The average molecular weight is 353 g/mol. The SMILES string of the molecule is O=C(O)c1cccc(C(=O)NCCCC(=O)N2Cc3ccccc3C2)n1. The predicted molar refractivity (Wildman–Crippen MR) is 93.5 cm³/mol. The highest BCUT2D eigenvalue weighted by atomic mass is 16.4. The van der Waals surface area contributed by atoms with E-state index in [1.807, 2.05) is 29.2 Å². The summed E-state index contributed by atoms with van der Waals surface area (Å²) >= 11 is 0. The zero-order valence-corrected chi connectivity index (χ0v) is 14.1. The molecule has 2 aromatic rings. The van der Waals surface area contributed by atoms with Crippen molar-refractivity contribution in [3.05, 3.63) is 65.0 Å². The van der Waals surface area contributed by atoms with Crippen LogP contribution in [0.2, 0.25) is 0 Å². The van der Waals surface area contributed by atoms with Gasteiger partial charge in [0.1, 0.15) is 11.4 Å². The van der Waals surface area contributed by atoms with Crippen LogP contribution in [0.4, 0.5) is 0 Å². The van der Waals surface area contributed by atoms with Crippen molar-refractivity contribution in [1.82, 2.24) is 15.2 Å². The highest BCUT2D eigenvalue weighted by Gasteiger charge is 2.22. The maximum atomic E-state index is 12.3. The minimum absolute atomic E-state index is 0.0474. The molecule has 7 heteroatoms. The van der Waals surface area contributed by atoms with Crippen molar-refractivity contribution >= 4 is 17.8 Å². The molecule has 0 saturated heterocycles. The summed E-state index contributed by atoms with van der Waals surface area (Å²) in [6.45, 7) is 1.59. The molecule has 1 aliphatic heterocycles. The summed E-state index contributed by atoms with van der Waals surface area (Å²) in [5.41, 5.74) is 2.23. The molecular weight excluding hydrogens is 334 g/mol. The third-order valence-electron chi connectivity index (χ3n) is 4.25. The fourth-order valence-electron chi connectivity index (χ4n) is 2.88. The van der Waals surface area contributed by atoms with Gasteiger partial charge in [0.25, 0.3) is 5.91 Å². The van der Waals surface area contributed by atoms with E-state index in [1.54, 1.807) is 0 Å². The van der Waals surface area contributed by atoms with Gasteiger partial charge in [-0.3, -0.25) is 9.59 Å². The lowest BCUT2D eigenvalue weighted by Gasteiger charge is -2.15. The second-order valence-electron chi connectivity index (χ2n) is 6.09. The molecule has 26 heavy (non-hydrogen) atoms. The van der Waals surface area contributed by atoms with Crippen molar-refractivity contribution in [1.29, 1.82) is 0 Å². The Labute approximate surface area is 150 Å². The van der Waals surface area contributed by atoms with Crippen molar-refractivity contribution < 1.29 is 19.5 Å². The molecule has 0 unspecified atom stereocenters. The Kier molecular flexibility index (Phi) is 5.26. The van der Waals surface area contributed by atoms with E-state index in [9.17, 15) is 14.4 Å². The van der Waals surface area contributed by atoms with Gasteiger partial charge in [-0.15, -0.1) is 0 Å². The number of carbonyl (C=O) groups excluding carboxylic acids is 2. The van der Waals surface area contributed by atoms with Gasteiger partial charge in [-0.2, -0.15) is 0 Å². The number of rotatable bonds is 6. The largest absolute Gasteiger partial charge is 0.477 e. The van der Waals surface area contributed by atoms with E-state index < -0.39 is 11.9 Å². The molecule has 0 spiro atoms. The number of fused-ring (bicyclic) bond motifs is 1. The van der Waals surface area contributed by atoms with Gasteiger partial charge in [0.15, 0.2) is 0 Å². The van der Waals surface area contributed by atoms with Crippen LogP contribution in [0.3, 0.4) is 0 Å². The third-order valence-corrected chi connectivity index (χ3v) is 4.25. The Morgan fingerprint density at radius 2 is 1.65 bits per heavy atom. The molecule has 134 valence electrons. The van der Waals surface area contributed by atoms with Crippen LogP contribution in [0, 0.1) is 0 Å². The summed E-state index contributed by atoms with van der Waals surface area (Å²) in [5, 5.41) is 11.6. The van der Waals surface area contributed by atoms with Crippen LogP contribution in [0.15, 0.2) is 42.5 Å². The molecule has 1 aromatic carbocycles. The number of nitrogens with zero attached hydrogens (tertiary/aromatic N) is 2. The van der Waals surface area contributed by atoms with Gasteiger partial charge in [-0.25, -0.2) is 9.78 Å². The lowest BCUT2D eigenvalue weighted by atomic mass is 10.1. The molecule has 7 nitrogen and oxygen atoms in total. The number of hydrogen-bond donors (Lipinski definition) is 2. The number of aromatic carboxylic acids is 1. The fourth-order valence-corrected chi connectivity index (χ4v) is 2.88. The normalized spacial score (nSPS) is 12.5. The summed E-state index contributed by atoms with van der Waals surface area (Å²) in [6, 6.07) is 12.2. The highest BCUT2D eigenvalue weighted by molar-refractivity contribution is 5.94. The Morgan fingerprint density at radius 3 is 2.31 bits per heavy atom. The maximum absolute atomic E-state index is 12.3. The van der Waals surface area contributed by atoms with Crippen molar-refractivity contribution in [3.63, 3.8) is 0 Å². The molecule has 0 fully saturated rings. The third kappa shape index (κ3) is 4.05. The van der Waals surface area contributed by atoms with E-state index in [4.69, 9.17) is 5.11 Å². The van der Waals surface area contributed by atoms with Crippen LogP contribution in [0.1, 0.15) is 44.9 Å². The van der Waals surface area contributed by atoms with E-state index >= 15 is 0 Å². The minimum Gasteiger partial charge on any atom is -0.477 e. The molecule has 3 rings (SSSR count). The summed E-state index contributed by atoms with van der Waals surface area (Å²) in [6.07, 6.45) is 0.854. The summed E-state index contributed by atoms with van der Waals surface area (Å²) in [7, 11) is 0. The Hall–Kier alpha value is -3.22. The number of carboxylic acids is 1. The highest BCUT2D eigenvalue weighted by Crippen LogP contribution is 2.22. The van der Waals surface area contributed by atoms with Crippen molar-refractivity contribution in [2.24, 2.45) is 0 Å². The second-order valence-corrected chi connectivity index (χ2v) is 6.09. The molecule has 0 atom stereocenters. The van der Waals surface area contributed by atoms with Crippen molar-refractivity contribution in [2.45, 2.75) is 25.9 Å². The van der Waals surface area contributed by atoms with Crippen molar-refractivity contribution in [3.8, 4) is 0 Å². The topological polar surface area (TPSA) is 99.6 Å². The van der Waals surface area contributed by atoms with Gasteiger partial charge in [-0.1, -0.05) is 30.3 Å². The lowest BCUT2D eigenvalue weighted by Crippen LogP contribution is -2.29. The van der Waals surface area contributed by atoms with Crippen LogP contribution >= 0.6 is 0 Å². The molecule has 2 amide bonds. The first-order chi connectivity index (χ1) is 12.5. The number of aromatic nitrogens is 1. The van der Waals surface area contributed by atoms with Crippen LogP contribution in [-0.4, -0.2) is 39.3 Å². The van der Waals surface area contributed by atoms with Gasteiger partial charge in [0, 0.05) is 26.1 Å². The van der Waals surface area contributed by atoms with E-state index in [2.05, 4.69) is 10.3 Å². The maximum Gasteiger partial charge on any atom is 0.354 e. The Bertz CT molecular complexity index is 825. The number of amides is 2. The number of hydrogen-bond acceptors (Lipinski definition) is 4. The molecule has 2 N–H and O–H groups in total. The van der Waals surface area contributed by atoms with Gasteiger partial charge < -0.3 is 15.3 Å². The van der Waals surface area contributed by atoms with E-state index in [1.165, 1.54) is 29.3 Å². The van der Waals surface area contributed by atoms with Gasteiger partial charge in [0.2, 0.25) is 5.91 Å². The van der Waals surface area contributed by atoms with Crippen LogP contribution in [0.25, 0.3) is 0 Å². The van der Waals surface area contributed by atoms with E-state index in [-0.39, 0.29) is 17.3 Å². The monoisotopic (exact) mass is 353 g/mol.